The van der Waals surface area contributed by atoms with Gasteiger partial charge in [-0.3, -0.25) is 4.79 Å². The maximum absolute atomic E-state index is 12.6. The summed E-state index contributed by atoms with van der Waals surface area (Å²) in [4.78, 5) is 22.5. The zero-order chi connectivity index (χ0) is 18.8. The van der Waals surface area contributed by atoms with Crippen LogP contribution in [0.5, 0.6) is 5.75 Å². The third-order valence-corrected chi connectivity index (χ3v) is 5.21. The molecule has 1 aromatic carbocycles. The molecule has 6 nitrogen and oxygen atoms in total. The van der Waals surface area contributed by atoms with Crippen molar-refractivity contribution in [2.75, 3.05) is 18.2 Å². The maximum Gasteiger partial charge on any atom is 0.269 e. The van der Waals surface area contributed by atoms with E-state index >= 15 is 0 Å². The molecule has 0 atom stereocenters. The second-order valence-electron chi connectivity index (χ2n) is 5.79. The van der Waals surface area contributed by atoms with Gasteiger partial charge in [-0.1, -0.05) is 6.07 Å². The van der Waals surface area contributed by atoms with Crippen LogP contribution in [0.3, 0.4) is 0 Å². The minimum absolute atomic E-state index is 0.291. The predicted octanol–water partition coefficient (Wildman–Crippen LogP) is 4.20. The third-order valence-electron chi connectivity index (χ3n) is 4.09. The third kappa shape index (κ3) is 3.32. The minimum atomic E-state index is -0.291. The number of rotatable bonds is 4. The molecule has 0 bridgehead atoms. The average Bonchev–Trinajstić information content (AvgIpc) is 3.05. The molecule has 4 rings (SSSR count). The van der Waals surface area contributed by atoms with E-state index < -0.39 is 0 Å². The van der Waals surface area contributed by atoms with Gasteiger partial charge >= 0.3 is 0 Å². The molecule has 0 aliphatic heterocycles. The Bertz CT molecular complexity index is 1110. The summed E-state index contributed by atoms with van der Waals surface area (Å²) in [6.07, 6.45) is 1.62. The molecule has 0 unspecified atom stereocenters. The Labute approximate surface area is 159 Å². The van der Waals surface area contributed by atoms with Gasteiger partial charge in [0.15, 0.2) is 0 Å². The highest BCUT2D eigenvalue weighted by Gasteiger charge is 2.18. The largest absolute Gasteiger partial charge is 0.497 e. The highest BCUT2D eigenvalue weighted by Crippen LogP contribution is 2.34. The first kappa shape index (κ1) is 17.0. The highest BCUT2D eigenvalue weighted by atomic mass is 32.1. The van der Waals surface area contributed by atoms with Crippen LogP contribution in [0.25, 0.3) is 21.5 Å². The van der Waals surface area contributed by atoms with E-state index in [4.69, 9.17) is 10.5 Å². The van der Waals surface area contributed by atoms with Crippen LogP contribution in [0, 0.1) is 0 Å². The van der Waals surface area contributed by atoms with E-state index in [-0.39, 0.29) is 5.91 Å². The maximum atomic E-state index is 12.6. The molecule has 7 heteroatoms. The summed E-state index contributed by atoms with van der Waals surface area (Å²) in [6.45, 7) is 0. The molecule has 4 aromatic rings. The van der Waals surface area contributed by atoms with E-state index in [0.29, 0.717) is 21.2 Å². The van der Waals surface area contributed by atoms with Gasteiger partial charge in [0, 0.05) is 17.1 Å². The molecule has 3 N–H and O–H groups in total. The minimum Gasteiger partial charge on any atom is -0.497 e. The summed E-state index contributed by atoms with van der Waals surface area (Å²) < 4.78 is 5.19. The number of nitrogens with two attached hydrogens (primary N) is 1. The number of thiophene rings is 1. The zero-order valence-electron chi connectivity index (χ0n) is 14.5. The number of nitrogens with zero attached hydrogens (tertiary/aromatic N) is 2. The predicted molar refractivity (Wildman–Crippen MR) is 108 cm³/mol. The second-order valence-corrected chi connectivity index (χ2v) is 6.79. The summed E-state index contributed by atoms with van der Waals surface area (Å²) >= 11 is 1.27. The lowest BCUT2D eigenvalue weighted by atomic mass is 10.1. The summed E-state index contributed by atoms with van der Waals surface area (Å²) in [5, 5.41) is 3.52. The first-order valence-corrected chi connectivity index (χ1v) is 9.03. The Hall–Kier alpha value is -3.45. The number of fused-ring (bicyclic) bond motifs is 1. The van der Waals surface area contributed by atoms with Gasteiger partial charge < -0.3 is 15.8 Å². The van der Waals surface area contributed by atoms with Gasteiger partial charge in [0.2, 0.25) is 0 Å². The Balaban J connectivity index is 1.67. The molecule has 0 aliphatic rings. The number of hydrogen-bond donors (Lipinski definition) is 2. The number of aromatic nitrogens is 2. The highest BCUT2D eigenvalue weighted by molar-refractivity contribution is 7.21. The van der Waals surface area contributed by atoms with Gasteiger partial charge in [0.1, 0.15) is 21.3 Å². The number of carbonyl (C=O) groups is 1. The van der Waals surface area contributed by atoms with Crippen molar-refractivity contribution < 1.29 is 9.53 Å². The monoisotopic (exact) mass is 376 g/mol. The van der Waals surface area contributed by atoms with E-state index in [2.05, 4.69) is 15.3 Å². The van der Waals surface area contributed by atoms with Gasteiger partial charge in [-0.15, -0.1) is 11.3 Å². The number of anilines is 2. The Morgan fingerprint density at radius 1 is 1.11 bits per heavy atom. The van der Waals surface area contributed by atoms with E-state index in [9.17, 15) is 4.79 Å². The van der Waals surface area contributed by atoms with Gasteiger partial charge in [0.05, 0.1) is 18.5 Å². The number of benzene rings is 1. The Morgan fingerprint density at radius 3 is 2.63 bits per heavy atom. The van der Waals surface area contributed by atoms with Gasteiger partial charge in [-0.2, -0.15) is 0 Å². The summed E-state index contributed by atoms with van der Waals surface area (Å²) in [6, 6.07) is 16.8. The molecule has 0 saturated carbocycles. The SMILES string of the molecule is COc1ccc(-c2ccc3c(N)c(C(=O)Nc4ccccn4)sc3n2)cc1. The molecular formula is C20H16N4O2S. The van der Waals surface area contributed by atoms with E-state index in [1.807, 2.05) is 36.4 Å². The molecule has 0 aliphatic carbocycles. The van der Waals surface area contributed by atoms with E-state index in [0.717, 1.165) is 22.4 Å². The van der Waals surface area contributed by atoms with Gasteiger partial charge in [0.25, 0.3) is 5.91 Å². The number of carbonyl (C=O) groups excluding carboxylic acids is 1. The molecule has 3 heterocycles. The lowest BCUT2D eigenvalue weighted by molar-refractivity contribution is 0.103. The van der Waals surface area contributed by atoms with Crippen molar-refractivity contribution in [2.24, 2.45) is 0 Å². The van der Waals surface area contributed by atoms with Crippen LogP contribution in [0.4, 0.5) is 11.5 Å². The van der Waals surface area contributed by atoms with Crippen LogP contribution < -0.4 is 15.8 Å². The van der Waals surface area contributed by atoms with Crippen molar-refractivity contribution in [1.29, 1.82) is 0 Å². The number of methoxy groups -OCH3 is 1. The number of nitrogens with one attached hydrogen (secondary N) is 1. The molecular weight excluding hydrogens is 360 g/mol. The fraction of sp³-hybridized carbons (Fsp3) is 0.0500. The number of ether oxygens (including phenoxy) is 1. The molecule has 134 valence electrons. The van der Waals surface area contributed by atoms with Crippen LogP contribution >= 0.6 is 11.3 Å². The van der Waals surface area contributed by atoms with Crippen LogP contribution in [0.1, 0.15) is 9.67 Å². The number of amides is 1. The van der Waals surface area contributed by atoms with Crippen LogP contribution in [-0.4, -0.2) is 23.0 Å². The summed E-state index contributed by atoms with van der Waals surface area (Å²) in [7, 11) is 1.63. The van der Waals surface area contributed by atoms with E-state index in [1.54, 1.807) is 31.5 Å². The molecule has 1 amide bonds. The second kappa shape index (κ2) is 7.05. The van der Waals surface area contributed by atoms with E-state index in [1.165, 1.54) is 11.3 Å². The van der Waals surface area contributed by atoms with Crippen molar-refractivity contribution in [3.8, 4) is 17.0 Å². The fourth-order valence-electron chi connectivity index (χ4n) is 2.70. The number of hydrogen-bond acceptors (Lipinski definition) is 6. The molecule has 0 spiro atoms. The first-order valence-electron chi connectivity index (χ1n) is 8.21. The van der Waals surface area contributed by atoms with Crippen LogP contribution in [0.2, 0.25) is 0 Å². The number of nitrogen functional groups attached to an aromatic ring is 1. The van der Waals surface area contributed by atoms with Gasteiger partial charge in [-0.25, -0.2) is 9.97 Å². The summed E-state index contributed by atoms with van der Waals surface area (Å²) in [5.74, 6) is 0.972. The quantitative estimate of drug-likeness (QED) is 0.557. The molecule has 0 fully saturated rings. The number of pyridine rings is 2. The van der Waals surface area contributed by atoms with Gasteiger partial charge in [-0.05, 0) is 48.5 Å². The first-order chi connectivity index (χ1) is 13.2. The molecule has 0 radical (unpaired) electrons. The zero-order valence-corrected chi connectivity index (χ0v) is 15.3. The van der Waals surface area contributed by atoms with Crippen molar-refractivity contribution in [1.82, 2.24) is 9.97 Å². The molecule has 0 saturated heterocycles. The van der Waals surface area contributed by atoms with Crippen molar-refractivity contribution in [3.63, 3.8) is 0 Å². The normalized spacial score (nSPS) is 10.7. The standard InChI is InChI=1S/C20H16N4O2S/c1-26-13-7-5-12(6-8-13)15-10-9-14-17(21)18(27-20(14)23-15)19(25)24-16-4-2-3-11-22-16/h2-11H,21H2,1H3,(H,22,24,25). The Morgan fingerprint density at radius 2 is 1.93 bits per heavy atom. The van der Waals surface area contributed by atoms with Crippen molar-refractivity contribution in [3.05, 3.63) is 65.7 Å². The van der Waals surface area contributed by atoms with Crippen molar-refractivity contribution >= 4 is 39.0 Å². The van der Waals surface area contributed by atoms with Crippen LogP contribution in [-0.2, 0) is 0 Å². The average molecular weight is 376 g/mol. The summed E-state index contributed by atoms with van der Waals surface area (Å²) in [5.41, 5.74) is 8.39. The molecule has 27 heavy (non-hydrogen) atoms. The molecule has 3 aromatic heterocycles. The Kier molecular flexibility index (Phi) is 4.43. The van der Waals surface area contributed by atoms with Crippen LogP contribution in [0.15, 0.2) is 60.8 Å². The topological polar surface area (TPSA) is 90.1 Å². The lowest BCUT2D eigenvalue weighted by Gasteiger charge is -2.03. The smallest absolute Gasteiger partial charge is 0.269 e. The lowest BCUT2D eigenvalue weighted by Crippen LogP contribution is -2.12. The van der Waals surface area contributed by atoms with Crippen molar-refractivity contribution in [2.45, 2.75) is 0 Å². The fourth-order valence-corrected chi connectivity index (χ4v) is 3.69.